The quantitative estimate of drug-likeness (QED) is 0.797. The Morgan fingerprint density at radius 1 is 1.44 bits per heavy atom. The molecule has 0 saturated carbocycles. The van der Waals surface area contributed by atoms with E-state index in [1.54, 1.807) is 6.07 Å². The number of hydrogen-bond acceptors (Lipinski definition) is 3. The summed E-state index contributed by atoms with van der Waals surface area (Å²) < 4.78 is 0. The number of rotatable bonds is 2. The van der Waals surface area contributed by atoms with Gasteiger partial charge in [0.2, 0.25) is 0 Å². The first-order chi connectivity index (χ1) is 7.68. The highest BCUT2D eigenvalue weighted by Gasteiger charge is 2.22. The van der Waals surface area contributed by atoms with Gasteiger partial charge in [-0.15, -0.1) is 0 Å². The molecule has 0 spiro atoms. The van der Waals surface area contributed by atoms with E-state index in [9.17, 15) is 5.11 Å². The summed E-state index contributed by atoms with van der Waals surface area (Å²) in [7, 11) is 0. The molecule has 1 aromatic rings. The zero-order valence-electron chi connectivity index (χ0n) is 9.98. The molecule has 2 rings (SSSR count). The van der Waals surface area contributed by atoms with Gasteiger partial charge in [-0.05, 0) is 19.9 Å². The molecule has 2 atom stereocenters. The molecule has 0 bridgehead atoms. The average molecular weight is 220 g/mol. The van der Waals surface area contributed by atoms with Crippen LogP contribution >= 0.6 is 0 Å². The van der Waals surface area contributed by atoms with E-state index in [4.69, 9.17) is 0 Å². The highest BCUT2D eigenvalue weighted by atomic mass is 16.3. The van der Waals surface area contributed by atoms with Crippen molar-refractivity contribution >= 4 is 0 Å². The Labute approximate surface area is 97.1 Å². The van der Waals surface area contributed by atoms with Gasteiger partial charge in [0.25, 0.3) is 0 Å². The summed E-state index contributed by atoms with van der Waals surface area (Å²) in [5, 5.41) is 13.3. The molecule has 1 aromatic carbocycles. The summed E-state index contributed by atoms with van der Waals surface area (Å²) >= 11 is 0. The van der Waals surface area contributed by atoms with Crippen molar-refractivity contribution in [1.82, 2.24) is 10.2 Å². The predicted octanol–water partition coefficient (Wildman–Crippen LogP) is 1.75. The van der Waals surface area contributed by atoms with Crippen molar-refractivity contribution in [3.8, 4) is 5.75 Å². The Morgan fingerprint density at radius 3 is 2.88 bits per heavy atom. The second-order valence-electron chi connectivity index (χ2n) is 4.58. The highest BCUT2D eigenvalue weighted by Crippen LogP contribution is 2.28. The standard InChI is InChI=1S/C13H20N2O/c1-10-9-15(8-7-14-10)11(2)12-5-3-4-6-13(12)16/h3-6,10-11,14,16H,7-9H2,1-2H3. The van der Waals surface area contributed by atoms with Gasteiger partial charge in [0.15, 0.2) is 0 Å². The fraction of sp³-hybridized carbons (Fsp3) is 0.538. The van der Waals surface area contributed by atoms with Crippen LogP contribution in [-0.2, 0) is 0 Å². The maximum absolute atomic E-state index is 9.84. The van der Waals surface area contributed by atoms with Gasteiger partial charge in [0.1, 0.15) is 5.75 Å². The maximum Gasteiger partial charge on any atom is 0.120 e. The van der Waals surface area contributed by atoms with E-state index >= 15 is 0 Å². The van der Waals surface area contributed by atoms with Crippen LogP contribution in [0.4, 0.5) is 0 Å². The monoisotopic (exact) mass is 220 g/mol. The molecule has 1 heterocycles. The number of phenols is 1. The van der Waals surface area contributed by atoms with Gasteiger partial charge in [0.05, 0.1) is 0 Å². The van der Waals surface area contributed by atoms with E-state index < -0.39 is 0 Å². The SMILES string of the molecule is CC1CN(C(C)c2ccccc2O)CCN1. The normalized spacial score (nSPS) is 24.2. The Kier molecular flexibility index (Phi) is 3.46. The zero-order chi connectivity index (χ0) is 11.5. The maximum atomic E-state index is 9.84. The van der Waals surface area contributed by atoms with Crippen molar-refractivity contribution in [3.63, 3.8) is 0 Å². The second kappa shape index (κ2) is 4.85. The molecule has 1 fully saturated rings. The van der Waals surface area contributed by atoms with Crippen molar-refractivity contribution in [2.24, 2.45) is 0 Å². The molecule has 1 saturated heterocycles. The van der Waals surface area contributed by atoms with Crippen LogP contribution in [0.25, 0.3) is 0 Å². The van der Waals surface area contributed by atoms with Crippen molar-refractivity contribution in [1.29, 1.82) is 0 Å². The summed E-state index contributed by atoms with van der Waals surface area (Å²) in [5.74, 6) is 0.404. The fourth-order valence-electron chi connectivity index (χ4n) is 2.35. The van der Waals surface area contributed by atoms with E-state index in [1.165, 1.54) is 0 Å². The smallest absolute Gasteiger partial charge is 0.120 e. The predicted molar refractivity (Wildman–Crippen MR) is 65.6 cm³/mol. The Bertz CT molecular complexity index is 354. The molecule has 2 N–H and O–H groups in total. The fourth-order valence-corrected chi connectivity index (χ4v) is 2.35. The van der Waals surface area contributed by atoms with Crippen LogP contribution in [0.3, 0.4) is 0 Å². The third kappa shape index (κ3) is 2.36. The van der Waals surface area contributed by atoms with E-state index in [2.05, 4.69) is 24.1 Å². The summed E-state index contributed by atoms with van der Waals surface area (Å²) in [4.78, 5) is 2.41. The lowest BCUT2D eigenvalue weighted by Gasteiger charge is -2.36. The lowest BCUT2D eigenvalue weighted by Crippen LogP contribution is -2.49. The molecule has 1 aliphatic heterocycles. The van der Waals surface area contributed by atoms with Crippen molar-refractivity contribution in [2.45, 2.75) is 25.9 Å². The number of aromatic hydroxyl groups is 1. The van der Waals surface area contributed by atoms with E-state index in [1.807, 2.05) is 18.2 Å². The third-order valence-electron chi connectivity index (χ3n) is 3.33. The number of para-hydroxylation sites is 1. The largest absolute Gasteiger partial charge is 0.508 e. The van der Waals surface area contributed by atoms with Gasteiger partial charge < -0.3 is 10.4 Å². The lowest BCUT2D eigenvalue weighted by molar-refractivity contribution is 0.156. The van der Waals surface area contributed by atoms with Crippen molar-refractivity contribution < 1.29 is 5.11 Å². The summed E-state index contributed by atoms with van der Waals surface area (Å²) in [5.41, 5.74) is 1.02. The molecule has 3 nitrogen and oxygen atoms in total. The number of benzene rings is 1. The molecule has 3 heteroatoms. The van der Waals surface area contributed by atoms with Crippen molar-refractivity contribution in [2.75, 3.05) is 19.6 Å². The Morgan fingerprint density at radius 2 is 2.19 bits per heavy atom. The van der Waals surface area contributed by atoms with Crippen LogP contribution in [-0.4, -0.2) is 35.7 Å². The summed E-state index contributed by atoms with van der Waals surface area (Å²) in [6.07, 6.45) is 0. The molecule has 16 heavy (non-hydrogen) atoms. The average Bonchev–Trinajstić information content (AvgIpc) is 2.29. The molecule has 2 unspecified atom stereocenters. The van der Waals surface area contributed by atoms with Crippen LogP contribution in [0.5, 0.6) is 5.75 Å². The van der Waals surface area contributed by atoms with Crippen molar-refractivity contribution in [3.05, 3.63) is 29.8 Å². The van der Waals surface area contributed by atoms with Gasteiger partial charge in [-0.1, -0.05) is 18.2 Å². The van der Waals surface area contributed by atoms with E-state index in [0.29, 0.717) is 11.8 Å². The molecular formula is C13H20N2O. The number of piperazine rings is 1. The lowest BCUT2D eigenvalue weighted by atomic mass is 10.0. The molecule has 0 amide bonds. The minimum Gasteiger partial charge on any atom is -0.508 e. The van der Waals surface area contributed by atoms with E-state index in [-0.39, 0.29) is 6.04 Å². The van der Waals surface area contributed by atoms with Crippen LogP contribution in [0, 0.1) is 0 Å². The number of nitrogens with one attached hydrogen (secondary N) is 1. The number of nitrogens with zero attached hydrogens (tertiary/aromatic N) is 1. The molecule has 1 aliphatic rings. The first-order valence-corrected chi connectivity index (χ1v) is 5.94. The molecule has 0 radical (unpaired) electrons. The van der Waals surface area contributed by atoms with E-state index in [0.717, 1.165) is 25.2 Å². The van der Waals surface area contributed by atoms with Gasteiger partial charge in [0, 0.05) is 37.3 Å². The van der Waals surface area contributed by atoms with Crippen LogP contribution < -0.4 is 5.32 Å². The van der Waals surface area contributed by atoms with Gasteiger partial charge in [-0.2, -0.15) is 0 Å². The number of phenolic OH excluding ortho intramolecular Hbond substituents is 1. The third-order valence-corrected chi connectivity index (χ3v) is 3.33. The minimum absolute atomic E-state index is 0.283. The summed E-state index contributed by atoms with van der Waals surface area (Å²) in [6.45, 7) is 7.46. The highest BCUT2D eigenvalue weighted by molar-refractivity contribution is 5.34. The van der Waals surface area contributed by atoms with Crippen LogP contribution in [0.15, 0.2) is 24.3 Å². The van der Waals surface area contributed by atoms with Gasteiger partial charge >= 0.3 is 0 Å². The second-order valence-corrected chi connectivity index (χ2v) is 4.58. The Hall–Kier alpha value is -1.06. The first kappa shape index (κ1) is 11.4. The first-order valence-electron chi connectivity index (χ1n) is 5.94. The molecular weight excluding hydrogens is 200 g/mol. The summed E-state index contributed by atoms with van der Waals surface area (Å²) in [6, 6.07) is 8.43. The van der Waals surface area contributed by atoms with Crippen LogP contribution in [0.1, 0.15) is 25.5 Å². The minimum atomic E-state index is 0.283. The molecule has 88 valence electrons. The zero-order valence-corrected chi connectivity index (χ0v) is 9.98. The van der Waals surface area contributed by atoms with Gasteiger partial charge in [-0.3, -0.25) is 4.90 Å². The Balaban J connectivity index is 2.12. The van der Waals surface area contributed by atoms with Crippen LogP contribution in [0.2, 0.25) is 0 Å². The molecule has 0 aromatic heterocycles. The topological polar surface area (TPSA) is 35.5 Å². The molecule has 0 aliphatic carbocycles. The van der Waals surface area contributed by atoms with Gasteiger partial charge in [-0.25, -0.2) is 0 Å². The number of hydrogen-bond donors (Lipinski definition) is 2.